The number of carboxylic acid groups (broad SMARTS) is 1. The number of hydrogen-bond acceptors (Lipinski definition) is 7. The molecule has 1 aliphatic carbocycles. The molecule has 0 fully saturated rings. The number of hydrogen-bond donors (Lipinski definition) is 2. The zero-order valence-corrected chi connectivity index (χ0v) is 27.3. The number of carbonyl (C=O) groups excluding carboxylic acids is 2. The quantitative estimate of drug-likeness (QED) is 0.0609. The van der Waals surface area contributed by atoms with Crippen molar-refractivity contribution in [1.29, 1.82) is 0 Å². The molecule has 0 bridgehead atoms. The topological polar surface area (TPSA) is 119 Å². The molecule has 0 heterocycles. The van der Waals surface area contributed by atoms with Gasteiger partial charge in [-0.1, -0.05) is 108 Å². The van der Waals surface area contributed by atoms with E-state index >= 15 is 0 Å². The number of rotatable bonds is 15. The molecule has 8 nitrogen and oxygen atoms in total. The Kier molecular flexibility index (Phi) is 35.7. The van der Waals surface area contributed by atoms with Crippen molar-refractivity contribution in [2.45, 2.75) is 26.2 Å². The number of methoxy groups -OCH3 is 2. The van der Waals surface area contributed by atoms with Gasteiger partial charge in [0.05, 0.1) is 31.2 Å². The molecule has 0 saturated heterocycles. The van der Waals surface area contributed by atoms with Gasteiger partial charge in [0.2, 0.25) is 0 Å². The second kappa shape index (κ2) is 34.4. The van der Waals surface area contributed by atoms with Crippen LogP contribution in [0.1, 0.15) is 26.2 Å². The summed E-state index contributed by atoms with van der Waals surface area (Å²) in [5.41, 5.74) is 2.60. The van der Waals surface area contributed by atoms with E-state index < -0.39 is 11.9 Å². The average molecular weight is 641 g/mol. The normalized spacial score (nSPS) is 10.6. The van der Waals surface area contributed by atoms with Crippen molar-refractivity contribution in [3.05, 3.63) is 159 Å². The van der Waals surface area contributed by atoms with Crippen LogP contribution in [0.25, 0.3) is 0 Å². The molecule has 0 aromatic rings. The van der Waals surface area contributed by atoms with Crippen LogP contribution in [0.15, 0.2) is 159 Å². The predicted octanol–water partition coefficient (Wildman–Crippen LogP) is 7.95. The molecule has 1 rings (SSSR count). The minimum Gasteiger partial charge on any atom is -0.478 e. The molecule has 1 aliphatic rings. The van der Waals surface area contributed by atoms with Gasteiger partial charge < -0.3 is 24.4 Å². The van der Waals surface area contributed by atoms with Gasteiger partial charge in [0.1, 0.15) is 5.76 Å². The van der Waals surface area contributed by atoms with E-state index in [0.717, 1.165) is 6.42 Å². The molecule has 0 aliphatic heterocycles. The van der Waals surface area contributed by atoms with E-state index in [-0.39, 0.29) is 30.7 Å². The van der Waals surface area contributed by atoms with Crippen LogP contribution in [0.3, 0.4) is 0 Å². The van der Waals surface area contributed by atoms with E-state index in [2.05, 4.69) is 91.1 Å². The molecule has 2 N–H and O–H groups in total. The lowest BCUT2D eigenvalue weighted by molar-refractivity contribution is -0.136. The summed E-state index contributed by atoms with van der Waals surface area (Å²) >= 11 is 0. The molecule has 0 spiro atoms. The Hall–Kier alpha value is -5.12. The van der Waals surface area contributed by atoms with Gasteiger partial charge in [-0.15, -0.1) is 0 Å². The summed E-state index contributed by atoms with van der Waals surface area (Å²) in [5.74, 6) is -1.34. The summed E-state index contributed by atoms with van der Waals surface area (Å²) in [6.07, 6.45) is 21.4. The first-order valence-electron chi connectivity index (χ1n) is 13.6. The first-order valence-corrected chi connectivity index (χ1v) is 13.6. The zero-order chi connectivity index (χ0) is 36.3. The van der Waals surface area contributed by atoms with Crippen LogP contribution >= 0.6 is 0 Å². The summed E-state index contributed by atoms with van der Waals surface area (Å²) in [4.78, 5) is 31.3. The Balaban J connectivity index is -0.000000321. The zero-order valence-electron chi connectivity index (χ0n) is 27.3. The van der Waals surface area contributed by atoms with E-state index in [0.29, 0.717) is 34.5 Å². The molecular formula is C37H49FO8. The van der Waals surface area contributed by atoms with Gasteiger partial charge in [-0.05, 0) is 53.7 Å². The number of allylic oxidation sites excluding steroid dienone is 13. The third-order valence-corrected chi connectivity index (χ3v) is 4.64. The molecule has 46 heavy (non-hydrogen) atoms. The van der Waals surface area contributed by atoms with Gasteiger partial charge >= 0.3 is 11.9 Å². The van der Waals surface area contributed by atoms with Crippen LogP contribution in [-0.2, 0) is 28.6 Å². The molecule has 252 valence electrons. The van der Waals surface area contributed by atoms with Gasteiger partial charge in [-0.3, -0.25) is 4.79 Å². The number of ether oxygens (including phenoxy) is 3. The first-order chi connectivity index (χ1) is 21.7. The number of esters is 1. The van der Waals surface area contributed by atoms with Gasteiger partial charge in [0.15, 0.2) is 0 Å². The van der Waals surface area contributed by atoms with Crippen molar-refractivity contribution in [2.75, 3.05) is 27.4 Å². The third kappa shape index (κ3) is 33.4. The van der Waals surface area contributed by atoms with Crippen LogP contribution in [0.5, 0.6) is 0 Å². The molecule has 0 aromatic carbocycles. The van der Waals surface area contributed by atoms with Crippen LogP contribution in [-0.4, -0.2) is 56.1 Å². The minimum absolute atomic E-state index is 0.0476. The second-order valence-electron chi connectivity index (χ2n) is 8.45. The van der Waals surface area contributed by atoms with Crippen molar-refractivity contribution >= 4 is 18.4 Å². The van der Waals surface area contributed by atoms with Crippen LogP contribution in [0, 0.1) is 0 Å². The van der Waals surface area contributed by atoms with Crippen LogP contribution in [0.2, 0.25) is 0 Å². The summed E-state index contributed by atoms with van der Waals surface area (Å²) in [7, 11) is 2.80. The largest absolute Gasteiger partial charge is 0.478 e. The van der Waals surface area contributed by atoms with Gasteiger partial charge in [0.25, 0.3) is 6.47 Å². The number of carboxylic acids is 1. The predicted molar refractivity (Wildman–Crippen MR) is 186 cm³/mol. The molecular weight excluding hydrogens is 591 g/mol. The van der Waals surface area contributed by atoms with Crippen molar-refractivity contribution in [3.63, 3.8) is 0 Å². The lowest BCUT2D eigenvalue weighted by Crippen LogP contribution is -2.07. The number of halogens is 1. The molecule has 0 radical (unpaired) electrons. The molecule has 0 unspecified atom stereocenters. The third-order valence-electron chi connectivity index (χ3n) is 4.64. The molecule has 9 heteroatoms. The Morgan fingerprint density at radius 1 is 0.804 bits per heavy atom. The minimum atomic E-state index is -1.10. The van der Waals surface area contributed by atoms with Crippen molar-refractivity contribution in [3.8, 4) is 0 Å². The summed E-state index contributed by atoms with van der Waals surface area (Å²) in [5, 5.41) is 16.6. The van der Waals surface area contributed by atoms with Gasteiger partial charge in [0, 0.05) is 13.7 Å². The first kappa shape index (κ1) is 47.8. The van der Waals surface area contributed by atoms with Crippen molar-refractivity contribution in [2.24, 2.45) is 0 Å². The lowest BCUT2D eigenvalue weighted by Gasteiger charge is -2.02. The van der Waals surface area contributed by atoms with E-state index in [1.54, 1.807) is 18.2 Å². The smallest absolute Gasteiger partial charge is 0.335 e. The highest BCUT2D eigenvalue weighted by molar-refractivity contribution is 5.89. The Labute approximate surface area is 274 Å². The molecule has 0 atom stereocenters. The molecule has 0 aromatic heterocycles. The highest BCUT2D eigenvalue weighted by atomic mass is 19.1. The molecule has 0 amide bonds. The Bertz CT molecular complexity index is 1180. The number of aliphatic hydroxyl groups is 1. The van der Waals surface area contributed by atoms with E-state index in [4.69, 9.17) is 10.2 Å². The fourth-order valence-electron chi connectivity index (χ4n) is 2.12. The number of aliphatic hydroxyl groups excluding tert-OH is 1. The standard InChI is InChI=1S/C20H20O4.C6H10O3.C6H8.C3H8O.C2H3F/c1-14(16(3)9-10-18(5)20(22)23)7-8-15(2)17(4)11-12-19(6)24-13-21;1-5(4-8-2)6(7)9-3;1-2-4-6-5-3-1;1-2-3-4;1-2-3/h7-13H,1-6H2,(H,22,23);1,4H2,2-3H3;1-4H,5-6H2;4H,2-3H2,1H3;2H,1H2/b8-7-,10-9-,12-11-;;;;. The Morgan fingerprint density at radius 2 is 1.17 bits per heavy atom. The summed E-state index contributed by atoms with van der Waals surface area (Å²) in [6.45, 7) is 31.1. The maximum atomic E-state index is 10.6. The van der Waals surface area contributed by atoms with Crippen LogP contribution in [0.4, 0.5) is 4.39 Å². The average Bonchev–Trinajstić information content (AvgIpc) is 3.06. The van der Waals surface area contributed by atoms with Gasteiger partial charge in [-0.25, -0.2) is 14.0 Å². The van der Waals surface area contributed by atoms with Crippen LogP contribution < -0.4 is 0 Å². The Morgan fingerprint density at radius 3 is 1.43 bits per heavy atom. The van der Waals surface area contributed by atoms with E-state index in [1.807, 2.05) is 6.92 Å². The maximum absolute atomic E-state index is 10.6. The fraction of sp³-hybridized carbons (Fsp3) is 0.216. The van der Waals surface area contributed by atoms with Crippen molar-refractivity contribution in [1.82, 2.24) is 0 Å². The fourth-order valence-corrected chi connectivity index (χ4v) is 2.12. The highest BCUT2D eigenvalue weighted by Crippen LogP contribution is 2.15. The SMILES string of the molecule is C1=CCCC=C1.C=C(/C=C\C(=C)C(=C)/C=C\C(=C)C(=C)/C=C\C(=C)C(=O)O)OC=O.C=C(COC)C(=O)OC.C=CF.CCCO. The van der Waals surface area contributed by atoms with Crippen molar-refractivity contribution < 1.29 is 43.2 Å². The summed E-state index contributed by atoms with van der Waals surface area (Å²) in [6, 6.07) is 0. The number of carbonyl (C=O) groups is 3. The molecule has 0 saturated carbocycles. The van der Waals surface area contributed by atoms with E-state index in [1.165, 1.54) is 45.3 Å². The van der Waals surface area contributed by atoms with Gasteiger partial charge in [-0.2, -0.15) is 0 Å². The number of aliphatic carboxylic acids is 1. The maximum Gasteiger partial charge on any atom is 0.335 e. The highest BCUT2D eigenvalue weighted by Gasteiger charge is 2.03. The monoisotopic (exact) mass is 640 g/mol. The summed E-state index contributed by atoms with van der Waals surface area (Å²) < 4.78 is 23.6. The second-order valence-corrected chi connectivity index (χ2v) is 8.45. The lowest BCUT2D eigenvalue weighted by atomic mass is 10.0. The van der Waals surface area contributed by atoms with E-state index in [9.17, 15) is 18.8 Å².